The number of rotatable bonds is 11. The van der Waals surface area contributed by atoms with Crippen molar-refractivity contribution < 1.29 is 18.7 Å². The third-order valence-electron chi connectivity index (χ3n) is 7.19. The molecule has 0 bridgehead atoms. The van der Waals surface area contributed by atoms with Crippen molar-refractivity contribution in [2.75, 3.05) is 45.3 Å². The van der Waals surface area contributed by atoms with E-state index in [2.05, 4.69) is 14.9 Å². The molecule has 1 amide bonds. The third-order valence-corrected chi connectivity index (χ3v) is 7.19. The predicted octanol–water partition coefficient (Wildman–Crippen LogP) is 4.10. The van der Waals surface area contributed by atoms with Gasteiger partial charge < -0.3 is 19.3 Å². The largest absolute Gasteiger partial charge is 0.493 e. The summed E-state index contributed by atoms with van der Waals surface area (Å²) < 4.78 is 25.6. The molecule has 190 valence electrons. The summed E-state index contributed by atoms with van der Waals surface area (Å²) in [6.07, 6.45) is 8.39. The lowest BCUT2D eigenvalue weighted by atomic mass is 9.90. The number of hydrogen-bond donors (Lipinski definition) is 0. The summed E-state index contributed by atoms with van der Waals surface area (Å²) >= 11 is 0. The van der Waals surface area contributed by atoms with Gasteiger partial charge in [0.2, 0.25) is 11.9 Å². The van der Waals surface area contributed by atoms with Crippen molar-refractivity contribution in [3.8, 4) is 5.75 Å². The Hall–Kier alpha value is -2.74. The highest BCUT2D eigenvalue weighted by Crippen LogP contribution is 2.49. The zero-order valence-electron chi connectivity index (χ0n) is 21.1. The standard InChI is InChI=1S/C27H37FN4O3/c1-4-34-18-19-16-29-27(30-17-19)32-10-7-20(8-11-32)24-13-21(24)9-12-35-23-6-5-22(25(28)15-23)14-26(33)31(2)3/h5-6,15-17,20-21,24H,4,7-14,18H2,1-3H3. The van der Waals surface area contributed by atoms with Gasteiger partial charge in [-0.25, -0.2) is 14.4 Å². The van der Waals surface area contributed by atoms with Crippen LogP contribution in [0.2, 0.25) is 0 Å². The van der Waals surface area contributed by atoms with Crippen LogP contribution in [-0.2, 0) is 22.6 Å². The van der Waals surface area contributed by atoms with Crippen LogP contribution in [0.1, 0.15) is 43.7 Å². The summed E-state index contributed by atoms with van der Waals surface area (Å²) in [6, 6.07) is 4.80. The fourth-order valence-corrected chi connectivity index (χ4v) is 4.92. The number of anilines is 1. The Morgan fingerprint density at radius 1 is 1.20 bits per heavy atom. The van der Waals surface area contributed by atoms with E-state index in [1.54, 1.807) is 26.2 Å². The van der Waals surface area contributed by atoms with Crippen LogP contribution in [0.15, 0.2) is 30.6 Å². The summed E-state index contributed by atoms with van der Waals surface area (Å²) in [5.74, 6) is 3.05. The van der Waals surface area contributed by atoms with E-state index in [1.165, 1.54) is 30.2 Å². The third kappa shape index (κ3) is 6.90. The number of ether oxygens (including phenoxy) is 2. The molecule has 2 aromatic rings. The van der Waals surface area contributed by atoms with Gasteiger partial charge in [0.05, 0.1) is 19.6 Å². The number of carbonyl (C=O) groups is 1. The number of aromatic nitrogens is 2. The number of hydrogen-bond acceptors (Lipinski definition) is 6. The summed E-state index contributed by atoms with van der Waals surface area (Å²) in [7, 11) is 3.34. The van der Waals surface area contributed by atoms with Crippen LogP contribution in [0.3, 0.4) is 0 Å². The Kier molecular flexibility index (Phi) is 8.55. The van der Waals surface area contributed by atoms with E-state index >= 15 is 0 Å². The molecular weight excluding hydrogens is 447 g/mol. The minimum atomic E-state index is -0.387. The highest BCUT2D eigenvalue weighted by atomic mass is 19.1. The maximum Gasteiger partial charge on any atom is 0.226 e. The van der Waals surface area contributed by atoms with Crippen LogP contribution >= 0.6 is 0 Å². The molecule has 1 aromatic carbocycles. The van der Waals surface area contributed by atoms with Gasteiger partial charge in [-0.3, -0.25) is 4.79 Å². The molecule has 1 saturated carbocycles. The maximum atomic E-state index is 14.3. The van der Waals surface area contributed by atoms with Crippen LogP contribution < -0.4 is 9.64 Å². The number of carbonyl (C=O) groups excluding carboxylic acids is 1. The van der Waals surface area contributed by atoms with E-state index in [4.69, 9.17) is 9.47 Å². The first kappa shape index (κ1) is 25.4. The molecule has 1 aromatic heterocycles. The van der Waals surface area contributed by atoms with Gasteiger partial charge in [-0.05, 0) is 62.0 Å². The summed E-state index contributed by atoms with van der Waals surface area (Å²) in [5, 5.41) is 0. The molecule has 1 saturated heterocycles. The van der Waals surface area contributed by atoms with E-state index in [-0.39, 0.29) is 18.1 Å². The highest BCUT2D eigenvalue weighted by Gasteiger charge is 2.43. The molecule has 2 aliphatic rings. The Labute approximate surface area is 207 Å². The van der Waals surface area contributed by atoms with Crippen LogP contribution in [0.25, 0.3) is 0 Å². The fourth-order valence-electron chi connectivity index (χ4n) is 4.92. The minimum Gasteiger partial charge on any atom is -0.493 e. The summed E-state index contributed by atoms with van der Waals surface area (Å²) in [5.41, 5.74) is 1.41. The number of amides is 1. The first-order valence-electron chi connectivity index (χ1n) is 12.7. The molecule has 4 rings (SSSR count). The molecule has 7 nitrogen and oxygen atoms in total. The van der Waals surface area contributed by atoms with Gasteiger partial charge in [-0.2, -0.15) is 0 Å². The van der Waals surface area contributed by atoms with Gasteiger partial charge in [-0.15, -0.1) is 0 Å². The molecule has 2 heterocycles. The van der Waals surface area contributed by atoms with Gasteiger partial charge in [0.1, 0.15) is 11.6 Å². The second-order valence-electron chi connectivity index (χ2n) is 9.87. The van der Waals surface area contributed by atoms with Crippen molar-refractivity contribution in [1.29, 1.82) is 0 Å². The maximum absolute atomic E-state index is 14.3. The molecule has 2 atom stereocenters. The second kappa shape index (κ2) is 11.8. The van der Waals surface area contributed by atoms with E-state index in [0.717, 1.165) is 42.9 Å². The number of piperidine rings is 1. The molecule has 35 heavy (non-hydrogen) atoms. The number of nitrogens with zero attached hydrogens (tertiary/aromatic N) is 4. The van der Waals surface area contributed by atoms with Crippen molar-refractivity contribution in [1.82, 2.24) is 14.9 Å². The van der Waals surface area contributed by atoms with Crippen molar-refractivity contribution in [2.45, 2.75) is 45.6 Å². The Bertz CT molecular complexity index is 977. The van der Waals surface area contributed by atoms with Gasteiger partial charge in [0.25, 0.3) is 0 Å². The van der Waals surface area contributed by atoms with Crippen LogP contribution in [0.5, 0.6) is 5.75 Å². The predicted molar refractivity (Wildman–Crippen MR) is 133 cm³/mol. The SMILES string of the molecule is CCOCc1cnc(N2CCC(C3CC3CCOc3ccc(CC(=O)N(C)C)c(F)c3)CC2)nc1. The van der Waals surface area contributed by atoms with Crippen LogP contribution in [0.4, 0.5) is 10.3 Å². The average molecular weight is 485 g/mol. The minimum absolute atomic E-state index is 0.0625. The molecule has 0 radical (unpaired) electrons. The van der Waals surface area contributed by atoms with Crippen molar-refractivity contribution >= 4 is 11.9 Å². The fraction of sp³-hybridized carbons (Fsp3) is 0.593. The molecule has 0 spiro atoms. The topological polar surface area (TPSA) is 67.8 Å². The van der Waals surface area contributed by atoms with Crippen molar-refractivity contribution in [3.63, 3.8) is 0 Å². The lowest BCUT2D eigenvalue weighted by Gasteiger charge is -2.32. The van der Waals surface area contributed by atoms with E-state index in [0.29, 0.717) is 37.1 Å². The molecule has 0 N–H and O–H groups in total. The normalized spacial score (nSPS) is 20.1. The van der Waals surface area contributed by atoms with Gasteiger partial charge in [0, 0.05) is 57.8 Å². The zero-order chi connectivity index (χ0) is 24.8. The lowest BCUT2D eigenvalue weighted by Crippen LogP contribution is -2.35. The number of benzene rings is 1. The van der Waals surface area contributed by atoms with Crippen LogP contribution in [-0.4, -0.2) is 61.2 Å². The zero-order valence-corrected chi connectivity index (χ0v) is 21.1. The van der Waals surface area contributed by atoms with E-state index in [9.17, 15) is 9.18 Å². The Morgan fingerprint density at radius 2 is 1.94 bits per heavy atom. The summed E-state index contributed by atoms with van der Waals surface area (Å²) in [4.78, 5) is 24.6. The highest BCUT2D eigenvalue weighted by molar-refractivity contribution is 5.78. The van der Waals surface area contributed by atoms with Gasteiger partial charge >= 0.3 is 0 Å². The molecule has 2 fully saturated rings. The van der Waals surface area contributed by atoms with Crippen molar-refractivity contribution in [3.05, 3.63) is 47.5 Å². The lowest BCUT2D eigenvalue weighted by molar-refractivity contribution is -0.128. The van der Waals surface area contributed by atoms with Crippen molar-refractivity contribution in [2.24, 2.45) is 17.8 Å². The summed E-state index contributed by atoms with van der Waals surface area (Å²) in [6.45, 7) is 5.82. The average Bonchev–Trinajstić information content (AvgIpc) is 3.64. The molecule has 1 aliphatic carbocycles. The van der Waals surface area contributed by atoms with Gasteiger partial charge in [-0.1, -0.05) is 6.07 Å². The van der Waals surface area contributed by atoms with Gasteiger partial charge in [0.15, 0.2) is 0 Å². The van der Waals surface area contributed by atoms with Crippen LogP contribution in [0, 0.1) is 23.6 Å². The molecule has 2 unspecified atom stereocenters. The number of likely N-dealkylation sites (N-methyl/N-ethyl adjacent to an activating group) is 1. The molecule has 8 heteroatoms. The Morgan fingerprint density at radius 3 is 2.60 bits per heavy atom. The van der Waals surface area contributed by atoms with E-state index < -0.39 is 0 Å². The Balaban J connectivity index is 1.16. The first-order valence-corrected chi connectivity index (χ1v) is 12.7. The first-order chi connectivity index (χ1) is 16.9. The molecule has 1 aliphatic heterocycles. The quantitative estimate of drug-likeness (QED) is 0.478. The molecular formula is C27H37FN4O3. The van der Waals surface area contributed by atoms with E-state index in [1.807, 2.05) is 19.3 Å². The number of halogens is 1. The monoisotopic (exact) mass is 484 g/mol. The smallest absolute Gasteiger partial charge is 0.226 e. The second-order valence-corrected chi connectivity index (χ2v) is 9.87.